The van der Waals surface area contributed by atoms with Gasteiger partial charge in [0.05, 0.1) is 0 Å². The molecule has 3 heteroatoms. The lowest BCUT2D eigenvalue weighted by Crippen LogP contribution is -2.18. The zero-order valence-corrected chi connectivity index (χ0v) is 10.6. The monoisotopic (exact) mass is 235 g/mol. The lowest BCUT2D eigenvalue weighted by molar-refractivity contribution is -0.129. The third-order valence-electron chi connectivity index (χ3n) is 2.66. The summed E-state index contributed by atoms with van der Waals surface area (Å²) in [6, 6.07) is 8.55. The second-order valence-corrected chi connectivity index (χ2v) is 4.80. The van der Waals surface area contributed by atoms with Crippen molar-refractivity contribution in [2.45, 2.75) is 39.5 Å². The summed E-state index contributed by atoms with van der Waals surface area (Å²) in [6.07, 6.45) is 3.10. The summed E-state index contributed by atoms with van der Waals surface area (Å²) in [5, 5.41) is 8.35. The van der Waals surface area contributed by atoms with E-state index in [1.807, 2.05) is 0 Å². The van der Waals surface area contributed by atoms with Crippen molar-refractivity contribution >= 4 is 5.91 Å². The summed E-state index contributed by atoms with van der Waals surface area (Å²) in [4.78, 5) is 10.8. The molecule has 0 saturated heterocycles. The lowest BCUT2D eigenvalue weighted by Gasteiger charge is -2.06. The number of hydroxylamine groups is 1. The standard InChI is InChI=1S/C14H21NO2/c1-11(2)10-13-8-6-12(7-9-13)4-3-5-14(16)15-17/h6-9,11,17H,3-5,10H2,1-2H3,(H,15,16). The largest absolute Gasteiger partial charge is 0.289 e. The number of carbonyl (C=O) groups is 1. The third-order valence-corrected chi connectivity index (χ3v) is 2.66. The minimum atomic E-state index is -0.318. The Bertz CT molecular complexity index is 344. The summed E-state index contributed by atoms with van der Waals surface area (Å²) < 4.78 is 0. The number of amides is 1. The molecule has 0 aliphatic carbocycles. The quantitative estimate of drug-likeness (QED) is 0.588. The lowest BCUT2D eigenvalue weighted by atomic mass is 10.00. The predicted octanol–water partition coefficient (Wildman–Crippen LogP) is 2.71. The Balaban J connectivity index is 2.37. The molecule has 0 fully saturated rings. The summed E-state index contributed by atoms with van der Waals surface area (Å²) in [6.45, 7) is 4.42. The van der Waals surface area contributed by atoms with Crippen LogP contribution in [-0.4, -0.2) is 11.1 Å². The van der Waals surface area contributed by atoms with E-state index in [1.54, 1.807) is 5.48 Å². The molecule has 0 unspecified atom stereocenters. The van der Waals surface area contributed by atoms with Crippen molar-refractivity contribution in [1.82, 2.24) is 5.48 Å². The van der Waals surface area contributed by atoms with Gasteiger partial charge in [-0.3, -0.25) is 10.0 Å². The maximum atomic E-state index is 10.8. The Morgan fingerprint density at radius 2 is 1.82 bits per heavy atom. The van der Waals surface area contributed by atoms with Gasteiger partial charge >= 0.3 is 0 Å². The van der Waals surface area contributed by atoms with E-state index in [1.165, 1.54) is 11.1 Å². The fourth-order valence-electron chi connectivity index (χ4n) is 1.82. The van der Waals surface area contributed by atoms with Crippen molar-refractivity contribution in [3.63, 3.8) is 0 Å². The number of aryl methyl sites for hydroxylation is 1. The number of carbonyl (C=O) groups excluding carboxylic acids is 1. The Morgan fingerprint density at radius 1 is 1.24 bits per heavy atom. The maximum absolute atomic E-state index is 10.8. The highest BCUT2D eigenvalue weighted by Crippen LogP contribution is 2.11. The molecule has 0 atom stereocenters. The van der Waals surface area contributed by atoms with Crippen molar-refractivity contribution in [1.29, 1.82) is 0 Å². The SMILES string of the molecule is CC(C)Cc1ccc(CCCC(=O)NO)cc1. The van der Waals surface area contributed by atoms with Crippen LogP contribution >= 0.6 is 0 Å². The average Bonchev–Trinajstić information content (AvgIpc) is 2.30. The van der Waals surface area contributed by atoms with Crippen LogP contribution in [0.2, 0.25) is 0 Å². The van der Waals surface area contributed by atoms with E-state index in [9.17, 15) is 4.79 Å². The number of rotatable bonds is 6. The van der Waals surface area contributed by atoms with Gasteiger partial charge in [0.2, 0.25) is 5.91 Å². The summed E-state index contributed by atoms with van der Waals surface area (Å²) in [7, 11) is 0. The molecule has 0 bridgehead atoms. The smallest absolute Gasteiger partial charge is 0.243 e. The van der Waals surface area contributed by atoms with E-state index in [4.69, 9.17) is 5.21 Å². The van der Waals surface area contributed by atoms with Gasteiger partial charge in [0.15, 0.2) is 0 Å². The molecule has 2 N–H and O–H groups in total. The first kappa shape index (κ1) is 13.7. The zero-order chi connectivity index (χ0) is 12.7. The molecule has 0 heterocycles. The molecule has 0 radical (unpaired) electrons. The van der Waals surface area contributed by atoms with Crippen molar-refractivity contribution in [3.8, 4) is 0 Å². The summed E-state index contributed by atoms with van der Waals surface area (Å²) >= 11 is 0. The number of benzene rings is 1. The first-order valence-corrected chi connectivity index (χ1v) is 6.12. The molecule has 1 aromatic carbocycles. The van der Waals surface area contributed by atoms with Gasteiger partial charge in [-0.1, -0.05) is 38.1 Å². The van der Waals surface area contributed by atoms with Gasteiger partial charge in [0.25, 0.3) is 0 Å². The second-order valence-electron chi connectivity index (χ2n) is 4.80. The van der Waals surface area contributed by atoms with Gasteiger partial charge in [0.1, 0.15) is 0 Å². The zero-order valence-electron chi connectivity index (χ0n) is 10.6. The molecule has 1 rings (SSSR count). The van der Waals surface area contributed by atoms with Gasteiger partial charge in [-0.15, -0.1) is 0 Å². The van der Waals surface area contributed by atoms with Crippen LogP contribution < -0.4 is 5.48 Å². The normalized spacial score (nSPS) is 10.6. The third kappa shape index (κ3) is 5.50. The van der Waals surface area contributed by atoms with E-state index in [-0.39, 0.29) is 5.91 Å². The molecule has 0 saturated carbocycles. The average molecular weight is 235 g/mol. The van der Waals surface area contributed by atoms with E-state index < -0.39 is 0 Å². The highest BCUT2D eigenvalue weighted by atomic mass is 16.5. The molecular weight excluding hydrogens is 214 g/mol. The predicted molar refractivity (Wildman–Crippen MR) is 67.9 cm³/mol. The molecule has 0 aliphatic heterocycles. The summed E-state index contributed by atoms with van der Waals surface area (Å²) in [5.41, 5.74) is 4.24. The number of hydrogen-bond donors (Lipinski definition) is 2. The Labute approximate surface area is 103 Å². The van der Waals surface area contributed by atoms with E-state index in [2.05, 4.69) is 38.1 Å². The van der Waals surface area contributed by atoms with Gasteiger partial charge in [-0.05, 0) is 36.3 Å². The first-order chi connectivity index (χ1) is 8.11. The fraction of sp³-hybridized carbons (Fsp3) is 0.500. The van der Waals surface area contributed by atoms with Gasteiger partial charge in [-0.2, -0.15) is 0 Å². The van der Waals surface area contributed by atoms with Crippen molar-refractivity contribution in [2.24, 2.45) is 5.92 Å². The van der Waals surface area contributed by atoms with E-state index in [0.29, 0.717) is 12.3 Å². The number of hydrogen-bond acceptors (Lipinski definition) is 2. The molecule has 94 valence electrons. The Kier molecular flexibility index (Phi) is 5.70. The molecular formula is C14H21NO2. The van der Waals surface area contributed by atoms with Crippen LogP contribution in [0.5, 0.6) is 0 Å². The minimum absolute atomic E-state index is 0.318. The maximum Gasteiger partial charge on any atom is 0.243 e. The molecule has 0 aliphatic rings. The van der Waals surface area contributed by atoms with Crippen LogP contribution in [0.4, 0.5) is 0 Å². The van der Waals surface area contributed by atoms with Crippen LogP contribution in [0.3, 0.4) is 0 Å². The van der Waals surface area contributed by atoms with Crippen LogP contribution in [0.15, 0.2) is 24.3 Å². The highest BCUT2D eigenvalue weighted by Gasteiger charge is 2.01. The van der Waals surface area contributed by atoms with Gasteiger partial charge in [-0.25, -0.2) is 5.48 Å². The highest BCUT2D eigenvalue weighted by molar-refractivity contribution is 5.74. The van der Waals surface area contributed by atoms with Crippen molar-refractivity contribution < 1.29 is 10.0 Å². The van der Waals surface area contributed by atoms with E-state index >= 15 is 0 Å². The Hall–Kier alpha value is -1.35. The summed E-state index contributed by atoms with van der Waals surface area (Å²) in [5.74, 6) is 0.357. The first-order valence-electron chi connectivity index (χ1n) is 6.12. The molecule has 0 spiro atoms. The Morgan fingerprint density at radius 3 is 2.35 bits per heavy atom. The fourth-order valence-corrected chi connectivity index (χ4v) is 1.82. The van der Waals surface area contributed by atoms with Gasteiger partial charge < -0.3 is 0 Å². The van der Waals surface area contributed by atoms with E-state index in [0.717, 1.165) is 19.3 Å². The molecule has 3 nitrogen and oxygen atoms in total. The van der Waals surface area contributed by atoms with Crippen molar-refractivity contribution in [2.75, 3.05) is 0 Å². The molecule has 1 amide bonds. The molecule has 0 aromatic heterocycles. The number of nitrogens with one attached hydrogen (secondary N) is 1. The van der Waals surface area contributed by atoms with Gasteiger partial charge in [0, 0.05) is 6.42 Å². The van der Waals surface area contributed by atoms with Crippen LogP contribution in [0.25, 0.3) is 0 Å². The van der Waals surface area contributed by atoms with Crippen LogP contribution in [-0.2, 0) is 17.6 Å². The van der Waals surface area contributed by atoms with Crippen molar-refractivity contribution in [3.05, 3.63) is 35.4 Å². The molecule has 17 heavy (non-hydrogen) atoms. The van der Waals surface area contributed by atoms with Crippen LogP contribution in [0, 0.1) is 5.92 Å². The van der Waals surface area contributed by atoms with Crippen LogP contribution in [0.1, 0.15) is 37.8 Å². The molecule has 1 aromatic rings. The second kappa shape index (κ2) is 7.07. The minimum Gasteiger partial charge on any atom is -0.289 e. The topological polar surface area (TPSA) is 49.3 Å².